The number of thiophene rings is 1. The lowest BCUT2D eigenvalue weighted by Gasteiger charge is -2.14. The fourth-order valence-electron chi connectivity index (χ4n) is 2.22. The van der Waals surface area contributed by atoms with E-state index in [0.717, 1.165) is 19.5 Å². The topological polar surface area (TPSA) is 94.2 Å². The first-order valence-electron chi connectivity index (χ1n) is 6.06. The summed E-state index contributed by atoms with van der Waals surface area (Å²) in [4.78, 5) is 14.5. The quantitative estimate of drug-likeness (QED) is 0.756. The van der Waals surface area contributed by atoms with Crippen LogP contribution >= 0.6 is 11.3 Å². The van der Waals surface area contributed by atoms with Crippen LogP contribution in [0.2, 0.25) is 0 Å². The summed E-state index contributed by atoms with van der Waals surface area (Å²) < 4.78 is 0. The molecule has 4 N–H and O–H groups in total. The Kier molecular flexibility index (Phi) is 3.93. The van der Waals surface area contributed by atoms with Crippen LogP contribution in [0.4, 0.5) is 10.7 Å². The van der Waals surface area contributed by atoms with Crippen LogP contribution in [0.5, 0.6) is 0 Å². The maximum atomic E-state index is 11.9. The zero-order valence-electron chi connectivity index (χ0n) is 11.0. The lowest BCUT2D eigenvalue weighted by Crippen LogP contribution is -2.25. The third kappa shape index (κ3) is 2.64. The zero-order chi connectivity index (χ0) is 14.0. The third-order valence-corrected chi connectivity index (χ3v) is 4.27. The van der Waals surface area contributed by atoms with Crippen LogP contribution in [0.25, 0.3) is 0 Å². The second kappa shape index (κ2) is 5.47. The summed E-state index contributed by atoms with van der Waals surface area (Å²) in [5.74, 6) is -0.260. The highest BCUT2D eigenvalue weighted by atomic mass is 32.1. The molecule has 1 aromatic heterocycles. The van der Waals surface area contributed by atoms with E-state index in [0.29, 0.717) is 15.4 Å². The fraction of sp³-hybridized carbons (Fsp3) is 0.500. The highest BCUT2D eigenvalue weighted by Gasteiger charge is 2.25. The first-order chi connectivity index (χ1) is 9.06. The lowest BCUT2D eigenvalue weighted by atomic mass is 10.2. The average molecular weight is 279 g/mol. The van der Waals surface area contributed by atoms with Gasteiger partial charge in [-0.25, -0.2) is 0 Å². The van der Waals surface area contributed by atoms with Crippen molar-refractivity contribution in [3.05, 3.63) is 10.4 Å². The summed E-state index contributed by atoms with van der Waals surface area (Å²) in [5, 5.41) is 15.6. The van der Waals surface area contributed by atoms with E-state index >= 15 is 0 Å². The molecule has 1 unspecified atom stereocenters. The Morgan fingerprint density at radius 3 is 2.89 bits per heavy atom. The first kappa shape index (κ1) is 13.6. The van der Waals surface area contributed by atoms with Gasteiger partial charge in [-0.3, -0.25) is 4.79 Å². The average Bonchev–Trinajstić information content (AvgIpc) is 2.93. The molecular weight excluding hydrogens is 262 g/mol. The van der Waals surface area contributed by atoms with E-state index in [1.54, 1.807) is 7.05 Å². The molecule has 1 amide bonds. The van der Waals surface area contributed by atoms with Crippen molar-refractivity contribution >= 4 is 27.9 Å². The van der Waals surface area contributed by atoms with Crippen LogP contribution in [0, 0.1) is 11.3 Å². The predicted octanol–water partition coefficient (Wildman–Crippen LogP) is 0.678. The van der Waals surface area contributed by atoms with Crippen molar-refractivity contribution in [1.29, 1.82) is 5.26 Å². The number of amides is 1. The van der Waals surface area contributed by atoms with Crippen LogP contribution in [0.3, 0.4) is 0 Å². The summed E-state index contributed by atoms with van der Waals surface area (Å²) in [6, 6.07) is 2.32. The number of rotatable bonds is 3. The van der Waals surface area contributed by atoms with Crippen molar-refractivity contribution in [3.63, 3.8) is 0 Å². The molecule has 7 heteroatoms. The number of nitrogens with one attached hydrogen (secondary N) is 2. The number of hydrogen-bond acceptors (Lipinski definition) is 6. The number of anilines is 2. The number of nitrogens with two attached hydrogens (primary N) is 1. The van der Waals surface area contributed by atoms with E-state index in [4.69, 9.17) is 11.0 Å². The summed E-state index contributed by atoms with van der Waals surface area (Å²) in [6.07, 6.45) is 1.02. The lowest BCUT2D eigenvalue weighted by molar-refractivity contribution is 0.0965. The SMILES string of the molecule is CNC(=O)c1c(NC2CCN(C)C2)sc(C#N)c1N. The largest absolute Gasteiger partial charge is 0.396 e. The van der Waals surface area contributed by atoms with Crippen molar-refractivity contribution in [3.8, 4) is 6.07 Å². The molecule has 1 aliphatic rings. The van der Waals surface area contributed by atoms with Gasteiger partial charge >= 0.3 is 0 Å². The van der Waals surface area contributed by atoms with Gasteiger partial charge in [-0.2, -0.15) is 5.26 Å². The molecule has 0 spiro atoms. The molecule has 0 saturated carbocycles. The van der Waals surface area contributed by atoms with E-state index in [2.05, 4.69) is 22.6 Å². The Morgan fingerprint density at radius 1 is 1.63 bits per heavy atom. The number of nitrogen functional groups attached to an aromatic ring is 1. The molecule has 19 heavy (non-hydrogen) atoms. The number of carbonyl (C=O) groups is 1. The maximum Gasteiger partial charge on any atom is 0.256 e. The molecule has 1 fully saturated rings. The van der Waals surface area contributed by atoms with Gasteiger partial charge in [0.15, 0.2) is 0 Å². The Morgan fingerprint density at radius 2 is 2.37 bits per heavy atom. The Bertz CT molecular complexity index is 533. The molecule has 0 bridgehead atoms. The van der Waals surface area contributed by atoms with Crippen LogP contribution in [0.15, 0.2) is 0 Å². The number of likely N-dealkylation sites (tertiary alicyclic amines) is 1. The minimum atomic E-state index is -0.260. The van der Waals surface area contributed by atoms with Gasteiger partial charge in [0.1, 0.15) is 15.9 Å². The molecule has 2 rings (SSSR count). The van der Waals surface area contributed by atoms with Crippen LogP contribution in [-0.4, -0.2) is 44.0 Å². The molecule has 1 aromatic rings. The van der Waals surface area contributed by atoms with Crippen molar-refractivity contribution < 1.29 is 4.79 Å². The number of nitriles is 1. The van der Waals surface area contributed by atoms with E-state index in [9.17, 15) is 4.79 Å². The molecule has 0 aromatic carbocycles. The second-order valence-electron chi connectivity index (χ2n) is 4.63. The smallest absolute Gasteiger partial charge is 0.256 e. The molecule has 102 valence electrons. The van der Waals surface area contributed by atoms with Gasteiger partial charge in [-0.1, -0.05) is 0 Å². The Hall–Kier alpha value is -1.78. The summed E-state index contributed by atoms with van der Waals surface area (Å²) in [6.45, 7) is 1.95. The van der Waals surface area contributed by atoms with Gasteiger partial charge in [0, 0.05) is 19.6 Å². The number of hydrogen-bond donors (Lipinski definition) is 3. The molecule has 1 atom stereocenters. The van der Waals surface area contributed by atoms with E-state index in [-0.39, 0.29) is 17.6 Å². The van der Waals surface area contributed by atoms with Gasteiger partial charge in [-0.05, 0) is 20.0 Å². The molecule has 1 aliphatic heterocycles. The number of likely N-dealkylation sites (N-methyl/N-ethyl adjacent to an activating group) is 1. The van der Waals surface area contributed by atoms with Crippen LogP contribution < -0.4 is 16.4 Å². The summed E-state index contributed by atoms with van der Waals surface area (Å²) in [5.41, 5.74) is 6.52. The normalized spacial score (nSPS) is 19.1. The highest BCUT2D eigenvalue weighted by molar-refractivity contribution is 7.17. The van der Waals surface area contributed by atoms with Gasteiger partial charge in [-0.15, -0.1) is 11.3 Å². The summed E-state index contributed by atoms with van der Waals surface area (Å²) >= 11 is 1.24. The van der Waals surface area contributed by atoms with Crippen LogP contribution in [0.1, 0.15) is 21.7 Å². The van der Waals surface area contributed by atoms with Gasteiger partial charge in [0.25, 0.3) is 5.91 Å². The Labute approximate surface area is 116 Å². The first-order valence-corrected chi connectivity index (χ1v) is 6.88. The van der Waals surface area contributed by atoms with Crippen molar-refractivity contribution in [2.45, 2.75) is 12.5 Å². The van der Waals surface area contributed by atoms with Gasteiger partial charge in [0.05, 0.1) is 11.3 Å². The van der Waals surface area contributed by atoms with Crippen molar-refractivity contribution in [1.82, 2.24) is 10.2 Å². The predicted molar refractivity (Wildman–Crippen MR) is 76.4 cm³/mol. The van der Waals surface area contributed by atoms with Crippen molar-refractivity contribution in [2.75, 3.05) is 38.2 Å². The fourth-order valence-corrected chi connectivity index (χ4v) is 3.21. The molecule has 2 heterocycles. The molecule has 0 radical (unpaired) electrons. The van der Waals surface area contributed by atoms with Gasteiger partial charge in [0.2, 0.25) is 0 Å². The maximum absolute atomic E-state index is 11.9. The minimum Gasteiger partial charge on any atom is -0.396 e. The monoisotopic (exact) mass is 279 g/mol. The van der Waals surface area contributed by atoms with E-state index < -0.39 is 0 Å². The standard InChI is InChI=1S/C12H17N5OS/c1-15-11(18)9-10(14)8(5-13)19-12(9)16-7-3-4-17(2)6-7/h7,16H,3-4,6,14H2,1-2H3,(H,15,18). The van der Waals surface area contributed by atoms with E-state index in [1.807, 2.05) is 6.07 Å². The van der Waals surface area contributed by atoms with Crippen LogP contribution in [-0.2, 0) is 0 Å². The highest BCUT2D eigenvalue weighted by Crippen LogP contribution is 2.36. The van der Waals surface area contributed by atoms with Crippen molar-refractivity contribution in [2.24, 2.45) is 0 Å². The zero-order valence-corrected chi connectivity index (χ0v) is 11.8. The molecule has 6 nitrogen and oxygen atoms in total. The minimum absolute atomic E-state index is 0.260. The Balaban J connectivity index is 2.29. The summed E-state index contributed by atoms with van der Waals surface area (Å²) in [7, 11) is 3.61. The third-order valence-electron chi connectivity index (χ3n) is 3.23. The van der Waals surface area contributed by atoms with E-state index in [1.165, 1.54) is 11.3 Å². The molecule has 0 aliphatic carbocycles. The van der Waals surface area contributed by atoms with Gasteiger partial charge < -0.3 is 21.3 Å². The number of carbonyl (C=O) groups excluding carboxylic acids is 1. The number of nitrogens with zero attached hydrogens (tertiary/aromatic N) is 2. The molecule has 1 saturated heterocycles. The second-order valence-corrected chi connectivity index (χ2v) is 5.65. The molecular formula is C12H17N5OS.